The Morgan fingerprint density at radius 3 is 2.95 bits per heavy atom. The molecule has 1 aromatic carbocycles. The van der Waals surface area contributed by atoms with Crippen molar-refractivity contribution < 1.29 is 14.3 Å². The molecule has 0 fully saturated rings. The minimum absolute atomic E-state index is 0.0674. The van der Waals surface area contributed by atoms with Gasteiger partial charge in [-0.15, -0.1) is 11.3 Å². The van der Waals surface area contributed by atoms with Gasteiger partial charge in [-0.2, -0.15) is 0 Å². The number of aliphatic hydroxyl groups is 1. The van der Waals surface area contributed by atoms with Crippen LogP contribution >= 0.6 is 11.3 Å². The van der Waals surface area contributed by atoms with Crippen LogP contribution in [0.2, 0.25) is 0 Å². The first-order chi connectivity index (χ1) is 10.7. The van der Waals surface area contributed by atoms with Gasteiger partial charge in [0.15, 0.2) is 10.8 Å². The van der Waals surface area contributed by atoms with Crippen molar-refractivity contribution in [1.82, 2.24) is 4.98 Å². The van der Waals surface area contributed by atoms with Crippen LogP contribution in [-0.2, 0) is 6.61 Å². The van der Waals surface area contributed by atoms with Gasteiger partial charge in [0, 0.05) is 10.6 Å². The lowest BCUT2D eigenvalue weighted by molar-refractivity contribution is 0.102. The molecule has 3 aromatic rings. The van der Waals surface area contributed by atoms with Crippen molar-refractivity contribution in [2.24, 2.45) is 0 Å². The van der Waals surface area contributed by atoms with E-state index in [-0.39, 0.29) is 12.5 Å². The van der Waals surface area contributed by atoms with Gasteiger partial charge in [-0.25, -0.2) is 4.98 Å². The molecule has 2 N–H and O–H groups in total. The molecule has 22 heavy (non-hydrogen) atoms. The average molecular weight is 314 g/mol. The zero-order valence-corrected chi connectivity index (χ0v) is 12.7. The predicted molar refractivity (Wildman–Crippen MR) is 84.9 cm³/mol. The Kier molecular flexibility index (Phi) is 4.04. The van der Waals surface area contributed by atoms with E-state index in [1.165, 1.54) is 11.3 Å². The van der Waals surface area contributed by atoms with Crippen LogP contribution in [0.15, 0.2) is 47.1 Å². The summed E-state index contributed by atoms with van der Waals surface area (Å²) in [6.07, 6.45) is 1.58. The number of thiazole rings is 1. The molecule has 3 rings (SSSR count). The molecule has 0 aliphatic heterocycles. The van der Waals surface area contributed by atoms with E-state index in [1.54, 1.807) is 36.6 Å². The van der Waals surface area contributed by atoms with Gasteiger partial charge in [0.05, 0.1) is 12.9 Å². The van der Waals surface area contributed by atoms with E-state index in [4.69, 9.17) is 9.52 Å². The highest BCUT2D eigenvalue weighted by Gasteiger charge is 2.17. The van der Waals surface area contributed by atoms with E-state index >= 15 is 0 Å². The molecule has 1 amide bonds. The van der Waals surface area contributed by atoms with Gasteiger partial charge in [-0.3, -0.25) is 4.79 Å². The molecule has 0 saturated carbocycles. The summed E-state index contributed by atoms with van der Waals surface area (Å²) in [6.45, 7) is 1.78. The molecule has 2 aromatic heterocycles. The number of nitrogens with one attached hydrogen (secondary N) is 1. The van der Waals surface area contributed by atoms with Crippen molar-refractivity contribution >= 4 is 22.9 Å². The molecule has 0 unspecified atom stereocenters. The Morgan fingerprint density at radius 1 is 1.36 bits per heavy atom. The number of furan rings is 1. The summed E-state index contributed by atoms with van der Waals surface area (Å²) in [4.78, 5) is 17.5. The number of amides is 1. The number of hydrogen-bond acceptors (Lipinski definition) is 5. The Morgan fingerprint density at radius 2 is 2.23 bits per heavy atom. The second-order valence-electron chi connectivity index (χ2n) is 4.71. The van der Waals surface area contributed by atoms with E-state index in [9.17, 15) is 4.79 Å². The summed E-state index contributed by atoms with van der Waals surface area (Å²) in [6, 6.07) is 10.7. The second-order valence-corrected chi connectivity index (χ2v) is 5.92. The van der Waals surface area contributed by atoms with Crippen LogP contribution in [0.1, 0.15) is 20.9 Å². The molecule has 0 atom stereocenters. The van der Waals surface area contributed by atoms with E-state index in [0.717, 1.165) is 10.4 Å². The van der Waals surface area contributed by atoms with Gasteiger partial charge < -0.3 is 14.8 Å². The molecule has 6 heteroatoms. The summed E-state index contributed by atoms with van der Waals surface area (Å²) in [5.41, 5.74) is 1.75. The maximum atomic E-state index is 12.4. The van der Waals surface area contributed by atoms with Gasteiger partial charge in [-0.05, 0) is 36.8 Å². The van der Waals surface area contributed by atoms with E-state index in [1.807, 2.05) is 13.0 Å². The third-order valence-electron chi connectivity index (χ3n) is 3.11. The molecule has 5 nitrogen and oxygen atoms in total. The third kappa shape index (κ3) is 2.93. The topological polar surface area (TPSA) is 75.4 Å². The fraction of sp³-hybridized carbons (Fsp3) is 0.125. The summed E-state index contributed by atoms with van der Waals surface area (Å²) in [5, 5.41) is 12.6. The zero-order valence-electron chi connectivity index (χ0n) is 11.9. The fourth-order valence-corrected chi connectivity index (χ4v) is 2.93. The van der Waals surface area contributed by atoms with Crippen molar-refractivity contribution in [1.29, 1.82) is 0 Å². The molecule has 0 spiro atoms. The first-order valence-corrected chi connectivity index (χ1v) is 7.51. The molecule has 0 bridgehead atoms. The normalized spacial score (nSPS) is 10.6. The second kappa shape index (κ2) is 6.13. The first kappa shape index (κ1) is 14.5. The van der Waals surface area contributed by atoms with Gasteiger partial charge >= 0.3 is 0 Å². The highest BCUT2D eigenvalue weighted by atomic mass is 32.1. The number of aliphatic hydroxyl groups excluding tert-OH is 1. The molecular weight excluding hydrogens is 300 g/mol. The lowest BCUT2D eigenvalue weighted by atomic mass is 10.2. The lowest BCUT2D eigenvalue weighted by Crippen LogP contribution is -2.13. The van der Waals surface area contributed by atoms with Crippen molar-refractivity contribution in [3.05, 3.63) is 58.8 Å². The molecule has 0 aliphatic rings. The van der Waals surface area contributed by atoms with Crippen LogP contribution in [-0.4, -0.2) is 16.0 Å². The number of carbonyl (C=O) groups excluding carboxylic acids is 1. The van der Waals surface area contributed by atoms with E-state index in [0.29, 0.717) is 22.1 Å². The quantitative estimate of drug-likeness (QED) is 0.773. The monoisotopic (exact) mass is 314 g/mol. The van der Waals surface area contributed by atoms with Crippen LogP contribution in [0.5, 0.6) is 0 Å². The van der Waals surface area contributed by atoms with E-state index in [2.05, 4.69) is 10.3 Å². The Balaban J connectivity index is 1.83. The fourth-order valence-electron chi connectivity index (χ4n) is 2.05. The number of rotatable bonds is 4. The maximum absolute atomic E-state index is 12.4. The standard InChI is InChI=1S/C16H14N2O3S/c1-10-14(18-16(22-10)13-6-3-7-21-13)15(20)17-12-5-2-4-11(8-12)9-19/h2-8,19H,9H2,1H3,(H,17,20). The van der Waals surface area contributed by atoms with Crippen LogP contribution in [0, 0.1) is 6.92 Å². The van der Waals surface area contributed by atoms with Gasteiger partial charge in [0.2, 0.25) is 0 Å². The number of hydrogen-bond donors (Lipinski definition) is 2. The van der Waals surface area contributed by atoms with E-state index < -0.39 is 0 Å². The Bertz CT molecular complexity index is 794. The lowest BCUT2D eigenvalue weighted by Gasteiger charge is -2.05. The highest BCUT2D eigenvalue weighted by molar-refractivity contribution is 7.15. The number of benzene rings is 1. The Hall–Kier alpha value is -2.44. The maximum Gasteiger partial charge on any atom is 0.275 e. The summed E-state index contributed by atoms with van der Waals surface area (Å²) >= 11 is 1.41. The minimum Gasteiger partial charge on any atom is -0.462 e. The number of carbonyl (C=O) groups is 1. The SMILES string of the molecule is Cc1sc(-c2ccco2)nc1C(=O)Nc1cccc(CO)c1. The van der Waals surface area contributed by atoms with Gasteiger partial charge in [0.25, 0.3) is 5.91 Å². The van der Waals surface area contributed by atoms with Crippen LogP contribution < -0.4 is 5.32 Å². The molecule has 0 saturated heterocycles. The predicted octanol–water partition coefficient (Wildman–Crippen LogP) is 3.46. The zero-order chi connectivity index (χ0) is 15.5. The number of aromatic nitrogens is 1. The number of anilines is 1. The van der Waals surface area contributed by atoms with Crippen molar-refractivity contribution in [3.8, 4) is 10.8 Å². The van der Waals surface area contributed by atoms with Gasteiger partial charge in [-0.1, -0.05) is 12.1 Å². The first-order valence-electron chi connectivity index (χ1n) is 6.70. The van der Waals surface area contributed by atoms with Crippen LogP contribution in [0.3, 0.4) is 0 Å². The number of aryl methyl sites for hydroxylation is 1. The smallest absolute Gasteiger partial charge is 0.275 e. The van der Waals surface area contributed by atoms with Crippen molar-refractivity contribution in [2.45, 2.75) is 13.5 Å². The molecular formula is C16H14N2O3S. The number of nitrogens with zero attached hydrogens (tertiary/aromatic N) is 1. The van der Waals surface area contributed by atoms with Gasteiger partial charge in [0.1, 0.15) is 5.69 Å². The van der Waals surface area contributed by atoms with Crippen LogP contribution in [0.4, 0.5) is 5.69 Å². The summed E-state index contributed by atoms with van der Waals surface area (Å²) < 4.78 is 5.30. The van der Waals surface area contributed by atoms with Crippen molar-refractivity contribution in [2.75, 3.05) is 5.32 Å². The molecule has 2 heterocycles. The average Bonchev–Trinajstić information content (AvgIpc) is 3.16. The molecule has 112 valence electrons. The molecule has 0 aliphatic carbocycles. The third-order valence-corrected chi connectivity index (χ3v) is 4.10. The molecule has 0 radical (unpaired) electrons. The Labute approximate surface area is 131 Å². The summed E-state index contributed by atoms with van der Waals surface area (Å²) in [7, 11) is 0. The summed E-state index contributed by atoms with van der Waals surface area (Å²) in [5.74, 6) is 0.371. The minimum atomic E-state index is -0.276. The highest BCUT2D eigenvalue weighted by Crippen LogP contribution is 2.28. The largest absolute Gasteiger partial charge is 0.462 e. The van der Waals surface area contributed by atoms with Crippen LogP contribution in [0.25, 0.3) is 10.8 Å². The van der Waals surface area contributed by atoms with Crippen molar-refractivity contribution in [3.63, 3.8) is 0 Å².